The summed E-state index contributed by atoms with van der Waals surface area (Å²) in [5.74, 6) is 0.711. The number of nitriles is 2. The fourth-order valence-electron chi connectivity index (χ4n) is 2.00. The molecule has 0 aromatic carbocycles. The van der Waals surface area contributed by atoms with E-state index in [9.17, 15) is 9.59 Å². The molecule has 0 fully saturated rings. The van der Waals surface area contributed by atoms with Gasteiger partial charge in [0.25, 0.3) is 0 Å². The highest BCUT2D eigenvalue weighted by atomic mass is 35.5. The normalized spacial score (nSPS) is 9.23. The Labute approximate surface area is 208 Å². The van der Waals surface area contributed by atoms with Gasteiger partial charge in [0, 0.05) is 23.7 Å². The van der Waals surface area contributed by atoms with E-state index >= 15 is 0 Å². The van der Waals surface area contributed by atoms with Crippen molar-refractivity contribution in [3.8, 4) is 23.6 Å². The molecule has 2 heterocycles. The van der Waals surface area contributed by atoms with Crippen molar-refractivity contribution in [2.45, 2.75) is 39.9 Å². The van der Waals surface area contributed by atoms with Gasteiger partial charge in [0.1, 0.15) is 12.1 Å². The number of rotatable bonds is 5. The van der Waals surface area contributed by atoms with E-state index in [4.69, 9.17) is 42.1 Å². The molecule has 13 heteroatoms. The van der Waals surface area contributed by atoms with Crippen LogP contribution in [0.3, 0.4) is 0 Å². The number of nitrogens with two attached hydrogens (primary N) is 1. The average molecular weight is 507 g/mol. The second-order valence-corrected chi connectivity index (χ2v) is 7.11. The fraction of sp³-hybridized carbons (Fsp3) is 0.364. The molecule has 0 radical (unpaired) electrons. The number of hydrogen-bond acceptors (Lipinski definition) is 11. The number of nitrogens with one attached hydrogen (secondary N) is 1. The summed E-state index contributed by atoms with van der Waals surface area (Å²) in [6, 6.07) is 6.83. The van der Waals surface area contributed by atoms with E-state index in [-0.39, 0.29) is 23.6 Å². The van der Waals surface area contributed by atoms with Crippen molar-refractivity contribution in [2.24, 2.45) is 0 Å². The zero-order valence-electron chi connectivity index (χ0n) is 20.2. The molecule has 0 aliphatic heterocycles. The van der Waals surface area contributed by atoms with Gasteiger partial charge in [-0.3, -0.25) is 5.32 Å². The number of nitrogens with zero attached hydrogens (tertiary/aromatic N) is 4. The maximum absolute atomic E-state index is 11.3. The number of carbonyl (C=O) groups is 2. The Hall–Kier alpha value is -4.29. The molecule has 0 saturated carbocycles. The van der Waals surface area contributed by atoms with Crippen LogP contribution in [-0.2, 0) is 9.47 Å². The summed E-state index contributed by atoms with van der Waals surface area (Å²) in [5.41, 5.74) is 5.97. The third-order valence-corrected chi connectivity index (χ3v) is 3.38. The van der Waals surface area contributed by atoms with E-state index in [1.807, 2.05) is 12.1 Å². The molecule has 12 nitrogen and oxygen atoms in total. The van der Waals surface area contributed by atoms with Gasteiger partial charge in [-0.05, 0) is 27.7 Å². The van der Waals surface area contributed by atoms with Crippen LogP contribution in [0.25, 0.3) is 0 Å². The first-order chi connectivity index (χ1) is 16.5. The Morgan fingerprint density at radius 3 is 1.83 bits per heavy atom. The number of nitrogen functional groups attached to an aromatic ring is 1. The minimum atomic E-state index is -0.741. The highest BCUT2D eigenvalue weighted by molar-refractivity contribution is 6.61. The summed E-state index contributed by atoms with van der Waals surface area (Å²) >= 11 is 4.81. The Kier molecular flexibility index (Phi) is 14.3. The van der Waals surface area contributed by atoms with E-state index in [0.29, 0.717) is 22.9 Å². The monoisotopic (exact) mass is 506 g/mol. The van der Waals surface area contributed by atoms with Crippen LogP contribution >= 0.6 is 11.6 Å². The molecule has 2 aromatic rings. The lowest BCUT2D eigenvalue weighted by Crippen LogP contribution is -2.18. The Morgan fingerprint density at radius 2 is 1.43 bits per heavy atom. The van der Waals surface area contributed by atoms with Gasteiger partial charge in [0.05, 0.1) is 50.2 Å². The van der Waals surface area contributed by atoms with Gasteiger partial charge in [-0.25, -0.2) is 19.6 Å². The second kappa shape index (κ2) is 16.3. The summed E-state index contributed by atoms with van der Waals surface area (Å²) in [4.78, 5) is 28.7. The first-order valence-electron chi connectivity index (χ1n) is 9.94. The van der Waals surface area contributed by atoms with Gasteiger partial charge < -0.3 is 24.7 Å². The molecule has 2 aromatic heterocycles. The van der Waals surface area contributed by atoms with Crippen molar-refractivity contribution in [1.82, 2.24) is 9.97 Å². The second-order valence-electron chi connectivity index (χ2n) is 6.80. The Balaban J connectivity index is 0.000000550. The number of aromatic nitrogens is 2. The smallest absolute Gasteiger partial charge is 0.411 e. The molecule has 3 N–H and O–H groups in total. The quantitative estimate of drug-likeness (QED) is 0.553. The fourth-order valence-corrected chi connectivity index (χ4v) is 2.18. The van der Waals surface area contributed by atoms with Crippen LogP contribution in [-0.4, -0.2) is 47.9 Å². The lowest BCUT2D eigenvalue weighted by molar-refractivity contribution is 0.130. The van der Waals surface area contributed by atoms with Gasteiger partial charge in [-0.2, -0.15) is 10.5 Å². The molecule has 1 amide bonds. The van der Waals surface area contributed by atoms with Gasteiger partial charge in [-0.15, -0.1) is 0 Å². The van der Waals surface area contributed by atoms with Gasteiger partial charge in [0.15, 0.2) is 22.9 Å². The van der Waals surface area contributed by atoms with Crippen molar-refractivity contribution >= 4 is 34.5 Å². The SMILES string of the molecule is CC(C)OC(=O)Cl.COc1cc(N)cnc1C#N.COc1cc(NC(=O)OC(C)C)cnc1C#N. The molecule has 0 atom stereocenters. The van der Waals surface area contributed by atoms with Crippen LogP contribution < -0.4 is 20.5 Å². The molecule has 0 unspecified atom stereocenters. The van der Waals surface area contributed by atoms with Crippen molar-refractivity contribution in [3.63, 3.8) is 0 Å². The van der Waals surface area contributed by atoms with Crippen molar-refractivity contribution in [1.29, 1.82) is 10.5 Å². The minimum absolute atomic E-state index is 0.106. The number of pyridine rings is 2. The molecular weight excluding hydrogens is 480 g/mol. The molecule has 188 valence electrons. The van der Waals surface area contributed by atoms with Crippen molar-refractivity contribution < 1.29 is 28.5 Å². The highest BCUT2D eigenvalue weighted by Gasteiger charge is 2.09. The first kappa shape index (κ1) is 30.7. The van der Waals surface area contributed by atoms with E-state index in [1.165, 1.54) is 32.7 Å². The predicted octanol–water partition coefficient (Wildman–Crippen LogP) is 4.23. The number of amides is 1. The lowest BCUT2D eigenvalue weighted by atomic mass is 10.3. The molecular formula is C22H27ClN6O6. The van der Waals surface area contributed by atoms with Crippen LogP contribution in [0.4, 0.5) is 21.0 Å². The van der Waals surface area contributed by atoms with E-state index in [2.05, 4.69) is 20.0 Å². The van der Waals surface area contributed by atoms with E-state index in [1.54, 1.807) is 33.8 Å². The number of anilines is 2. The summed E-state index contributed by atoms with van der Waals surface area (Å²) in [6.07, 6.45) is 1.89. The zero-order chi connectivity index (χ0) is 27.0. The maximum Gasteiger partial charge on any atom is 0.411 e. The molecule has 0 bridgehead atoms. The molecule has 2 rings (SSSR count). The van der Waals surface area contributed by atoms with Crippen molar-refractivity contribution in [2.75, 3.05) is 25.3 Å². The van der Waals surface area contributed by atoms with Crippen LogP contribution in [0, 0.1) is 22.7 Å². The Morgan fingerprint density at radius 1 is 0.943 bits per heavy atom. The largest absolute Gasteiger partial charge is 0.494 e. The minimum Gasteiger partial charge on any atom is -0.494 e. The number of ether oxygens (including phenoxy) is 4. The summed E-state index contributed by atoms with van der Waals surface area (Å²) in [7, 11) is 2.89. The lowest BCUT2D eigenvalue weighted by Gasteiger charge is -2.10. The van der Waals surface area contributed by atoms with Crippen LogP contribution in [0.15, 0.2) is 24.5 Å². The summed E-state index contributed by atoms with van der Waals surface area (Å²) in [6.45, 7) is 6.97. The van der Waals surface area contributed by atoms with Crippen LogP contribution in [0.2, 0.25) is 0 Å². The third-order valence-electron chi connectivity index (χ3n) is 3.30. The van der Waals surface area contributed by atoms with Gasteiger partial charge in [-0.1, -0.05) is 0 Å². The first-order valence-corrected chi connectivity index (χ1v) is 10.3. The molecule has 0 spiro atoms. The molecule has 0 aliphatic carbocycles. The Bertz CT molecular complexity index is 1070. The number of hydrogen-bond donors (Lipinski definition) is 2. The number of methoxy groups -OCH3 is 2. The number of carbonyl (C=O) groups excluding carboxylic acids is 2. The predicted molar refractivity (Wildman–Crippen MR) is 128 cm³/mol. The summed E-state index contributed by atoms with van der Waals surface area (Å²) in [5, 5.41) is 19.7. The number of halogens is 1. The zero-order valence-corrected chi connectivity index (χ0v) is 20.9. The van der Waals surface area contributed by atoms with Crippen LogP contribution in [0.5, 0.6) is 11.5 Å². The van der Waals surface area contributed by atoms with Crippen LogP contribution in [0.1, 0.15) is 39.1 Å². The highest BCUT2D eigenvalue weighted by Crippen LogP contribution is 2.20. The van der Waals surface area contributed by atoms with Gasteiger partial charge >= 0.3 is 11.5 Å². The molecule has 0 aliphatic rings. The standard InChI is InChI=1S/C11H13N3O3.C7H7N3O.C4H7ClO2/c1-7(2)17-11(15)14-8-4-10(16-3)9(5-12)13-6-8;1-11-7-2-5(9)4-10-6(7)3-8;1-3(2)7-4(5)6/h4,6-7H,1-3H3,(H,14,15);2,4H,9H2,1H3;3H,1-2H3. The van der Waals surface area contributed by atoms with Gasteiger partial charge in [0.2, 0.25) is 0 Å². The average Bonchev–Trinajstić information content (AvgIpc) is 2.78. The van der Waals surface area contributed by atoms with Crippen molar-refractivity contribution in [3.05, 3.63) is 35.9 Å². The molecule has 0 saturated heterocycles. The van der Waals surface area contributed by atoms with E-state index < -0.39 is 11.5 Å². The maximum atomic E-state index is 11.3. The topological polar surface area (TPSA) is 182 Å². The summed E-state index contributed by atoms with van der Waals surface area (Å²) < 4.78 is 19.1. The third kappa shape index (κ3) is 13.1. The van der Waals surface area contributed by atoms with E-state index in [0.717, 1.165) is 0 Å². The molecule has 35 heavy (non-hydrogen) atoms.